The van der Waals surface area contributed by atoms with E-state index in [-0.39, 0.29) is 12.2 Å². The molecule has 4 rings (SSSR count). The molecule has 34 heavy (non-hydrogen) atoms. The minimum atomic E-state index is -0.685. The molecular weight excluding hydrogens is 520 g/mol. The number of esters is 1. The Hall–Kier alpha value is -3.17. The summed E-state index contributed by atoms with van der Waals surface area (Å²) in [5.74, 6) is 0.887. The van der Waals surface area contributed by atoms with Crippen LogP contribution in [0.1, 0.15) is 31.0 Å². The minimum Gasteiger partial charge on any atom is -0.497 e. The number of nitrogens with zero attached hydrogens (tertiary/aromatic N) is 2. The van der Waals surface area contributed by atoms with Crippen molar-refractivity contribution in [2.45, 2.75) is 19.9 Å². The van der Waals surface area contributed by atoms with Crippen molar-refractivity contribution >= 4 is 39.3 Å². The molecule has 176 valence electrons. The summed E-state index contributed by atoms with van der Waals surface area (Å²) in [5.41, 5.74) is 2.22. The summed E-state index contributed by atoms with van der Waals surface area (Å²) < 4.78 is 18.7. The van der Waals surface area contributed by atoms with Gasteiger partial charge in [-0.1, -0.05) is 29.5 Å². The molecule has 0 saturated heterocycles. The maximum Gasteiger partial charge on any atom is 0.338 e. The average molecular weight is 543 g/mol. The molecule has 7 nitrogen and oxygen atoms in total. The highest BCUT2D eigenvalue weighted by Crippen LogP contribution is 2.35. The number of thiazole rings is 1. The summed E-state index contributed by atoms with van der Waals surface area (Å²) in [6, 6.07) is 12.2. The monoisotopic (exact) mass is 542 g/mol. The number of hydrogen-bond acceptors (Lipinski definition) is 7. The molecule has 1 aliphatic heterocycles. The van der Waals surface area contributed by atoms with Crippen LogP contribution in [-0.4, -0.2) is 31.4 Å². The van der Waals surface area contributed by atoms with E-state index in [1.807, 2.05) is 42.5 Å². The van der Waals surface area contributed by atoms with Crippen molar-refractivity contribution in [2.24, 2.45) is 4.99 Å². The van der Waals surface area contributed by atoms with Crippen LogP contribution in [0.25, 0.3) is 6.08 Å². The Balaban J connectivity index is 1.93. The van der Waals surface area contributed by atoms with Gasteiger partial charge in [0.2, 0.25) is 0 Å². The first kappa shape index (κ1) is 24.0. The summed E-state index contributed by atoms with van der Waals surface area (Å²) in [6.45, 7) is 3.73. The third-order valence-corrected chi connectivity index (χ3v) is 7.02. The fraction of sp³-hybridized carbons (Fsp3) is 0.240. The van der Waals surface area contributed by atoms with Crippen LogP contribution < -0.4 is 24.4 Å². The predicted molar refractivity (Wildman–Crippen MR) is 134 cm³/mol. The SMILES string of the molecule is CCOC(=O)C1=C(C)N=c2s/c(=C/c3ccc(OC)cc3)c(=O)n2[C@@H]1c1ccc(OC)c(Br)c1. The lowest BCUT2D eigenvalue weighted by Crippen LogP contribution is -2.39. The quantitative estimate of drug-likeness (QED) is 0.445. The molecular formula is C25H23BrN2O5S. The Kier molecular flexibility index (Phi) is 7.04. The summed E-state index contributed by atoms with van der Waals surface area (Å²) >= 11 is 4.80. The molecule has 2 aromatic carbocycles. The molecule has 0 amide bonds. The third kappa shape index (κ3) is 4.45. The lowest BCUT2D eigenvalue weighted by atomic mass is 9.96. The van der Waals surface area contributed by atoms with Crippen molar-refractivity contribution < 1.29 is 19.0 Å². The maximum absolute atomic E-state index is 13.6. The maximum atomic E-state index is 13.6. The van der Waals surface area contributed by atoms with Crippen molar-refractivity contribution in [2.75, 3.05) is 20.8 Å². The molecule has 0 fully saturated rings. The van der Waals surface area contributed by atoms with E-state index in [4.69, 9.17) is 14.2 Å². The zero-order valence-electron chi connectivity index (χ0n) is 19.1. The van der Waals surface area contributed by atoms with Crippen molar-refractivity contribution in [3.8, 4) is 11.5 Å². The molecule has 1 aromatic heterocycles. The highest BCUT2D eigenvalue weighted by atomic mass is 79.9. The Morgan fingerprint density at radius 3 is 2.53 bits per heavy atom. The summed E-state index contributed by atoms with van der Waals surface area (Å²) in [5, 5.41) is 0. The molecule has 1 aliphatic rings. The fourth-order valence-electron chi connectivity index (χ4n) is 3.81. The van der Waals surface area contributed by atoms with E-state index in [1.165, 1.54) is 11.3 Å². The Bertz CT molecular complexity index is 1450. The van der Waals surface area contributed by atoms with E-state index in [9.17, 15) is 9.59 Å². The first-order chi connectivity index (χ1) is 16.4. The molecule has 3 aromatic rings. The van der Waals surface area contributed by atoms with Gasteiger partial charge in [-0.25, -0.2) is 9.79 Å². The van der Waals surface area contributed by atoms with Gasteiger partial charge in [-0.15, -0.1) is 0 Å². The number of aromatic nitrogens is 1. The van der Waals surface area contributed by atoms with Gasteiger partial charge in [-0.05, 0) is 71.2 Å². The molecule has 9 heteroatoms. The van der Waals surface area contributed by atoms with Crippen LogP contribution in [0.4, 0.5) is 0 Å². The van der Waals surface area contributed by atoms with Gasteiger partial charge in [0.25, 0.3) is 5.56 Å². The van der Waals surface area contributed by atoms with Crippen LogP contribution >= 0.6 is 27.3 Å². The van der Waals surface area contributed by atoms with Gasteiger partial charge in [-0.2, -0.15) is 0 Å². The van der Waals surface area contributed by atoms with E-state index in [2.05, 4.69) is 20.9 Å². The van der Waals surface area contributed by atoms with Crippen LogP contribution in [-0.2, 0) is 9.53 Å². The van der Waals surface area contributed by atoms with Crippen LogP contribution in [0.5, 0.6) is 11.5 Å². The number of allylic oxidation sites excluding steroid dienone is 1. The second kappa shape index (κ2) is 9.99. The third-order valence-electron chi connectivity index (χ3n) is 5.42. The standard InChI is InChI=1S/C25H23BrN2O5S/c1-5-33-24(30)21-14(2)27-25-28(22(21)16-8-11-19(32-4)18(26)13-16)23(29)20(34-25)12-15-6-9-17(31-3)10-7-15/h6-13,22H,5H2,1-4H3/b20-12+/t22-/m1/s1. The number of ether oxygens (including phenoxy) is 3. The zero-order chi connectivity index (χ0) is 24.4. The molecule has 0 saturated carbocycles. The lowest BCUT2D eigenvalue weighted by Gasteiger charge is -2.25. The number of benzene rings is 2. The number of methoxy groups -OCH3 is 2. The Labute approximate surface area is 208 Å². The second-order valence-electron chi connectivity index (χ2n) is 7.47. The van der Waals surface area contributed by atoms with Crippen LogP contribution in [0.2, 0.25) is 0 Å². The van der Waals surface area contributed by atoms with Gasteiger partial charge >= 0.3 is 5.97 Å². The number of carbonyl (C=O) groups excluding carboxylic acids is 1. The Morgan fingerprint density at radius 1 is 1.18 bits per heavy atom. The van der Waals surface area contributed by atoms with Crippen LogP contribution in [0.3, 0.4) is 0 Å². The molecule has 0 bridgehead atoms. The number of rotatable bonds is 6. The van der Waals surface area contributed by atoms with Gasteiger partial charge in [0, 0.05) is 0 Å². The zero-order valence-corrected chi connectivity index (χ0v) is 21.5. The number of carbonyl (C=O) groups is 1. The lowest BCUT2D eigenvalue weighted by molar-refractivity contribution is -0.139. The largest absolute Gasteiger partial charge is 0.497 e. The molecule has 1 atom stereocenters. The second-order valence-corrected chi connectivity index (χ2v) is 9.33. The smallest absolute Gasteiger partial charge is 0.338 e. The fourth-order valence-corrected chi connectivity index (χ4v) is 5.42. The van der Waals surface area contributed by atoms with Crippen molar-refractivity contribution in [1.82, 2.24) is 4.57 Å². The average Bonchev–Trinajstić information content (AvgIpc) is 3.13. The molecule has 2 heterocycles. The summed E-state index contributed by atoms with van der Waals surface area (Å²) in [4.78, 5) is 31.7. The highest BCUT2D eigenvalue weighted by Gasteiger charge is 2.33. The van der Waals surface area contributed by atoms with Crippen molar-refractivity contribution in [3.63, 3.8) is 0 Å². The molecule has 0 spiro atoms. The first-order valence-corrected chi connectivity index (χ1v) is 12.2. The Morgan fingerprint density at radius 2 is 1.91 bits per heavy atom. The van der Waals surface area contributed by atoms with Gasteiger partial charge in [0.1, 0.15) is 11.5 Å². The number of fused-ring (bicyclic) bond motifs is 1. The molecule has 0 N–H and O–H groups in total. The topological polar surface area (TPSA) is 79.1 Å². The number of hydrogen-bond donors (Lipinski definition) is 0. The van der Waals surface area contributed by atoms with E-state index >= 15 is 0 Å². The van der Waals surface area contributed by atoms with E-state index < -0.39 is 12.0 Å². The molecule has 0 aliphatic carbocycles. The highest BCUT2D eigenvalue weighted by molar-refractivity contribution is 9.10. The van der Waals surface area contributed by atoms with Crippen molar-refractivity contribution in [1.29, 1.82) is 0 Å². The van der Waals surface area contributed by atoms with Crippen LogP contribution in [0, 0.1) is 0 Å². The van der Waals surface area contributed by atoms with Gasteiger partial charge in [0.15, 0.2) is 4.80 Å². The minimum absolute atomic E-state index is 0.219. The summed E-state index contributed by atoms with van der Waals surface area (Å²) in [6.07, 6.45) is 1.81. The normalized spacial score (nSPS) is 15.6. The van der Waals surface area contributed by atoms with Crippen molar-refractivity contribution in [3.05, 3.63) is 89.0 Å². The van der Waals surface area contributed by atoms with E-state index in [0.29, 0.717) is 30.8 Å². The number of halogens is 1. The molecule has 0 radical (unpaired) electrons. The van der Waals surface area contributed by atoms with E-state index in [0.717, 1.165) is 16.9 Å². The molecule has 0 unspecified atom stereocenters. The van der Waals surface area contributed by atoms with Gasteiger partial charge in [0.05, 0.1) is 47.1 Å². The first-order valence-electron chi connectivity index (χ1n) is 10.5. The van der Waals surface area contributed by atoms with E-state index in [1.54, 1.807) is 38.7 Å². The van der Waals surface area contributed by atoms with Gasteiger partial charge in [-0.3, -0.25) is 9.36 Å². The summed E-state index contributed by atoms with van der Waals surface area (Å²) in [7, 11) is 3.18. The predicted octanol–water partition coefficient (Wildman–Crippen LogP) is 3.58. The van der Waals surface area contributed by atoms with Gasteiger partial charge < -0.3 is 14.2 Å². The van der Waals surface area contributed by atoms with Crippen LogP contribution in [0.15, 0.2) is 68.0 Å².